The second kappa shape index (κ2) is 5.98. The van der Waals surface area contributed by atoms with Gasteiger partial charge in [-0.05, 0) is 46.1 Å². The number of nitrogens with one attached hydrogen (secondary N) is 1. The predicted octanol–water partition coefficient (Wildman–Crippen LogP) is 3.04. The fraction of sp³-hybridized carbons (Fsp3) is 0.667. The zero-order valence-electron chi connectivity index (χ0n) is 8.90. The molecule has 0 atom stereocenters. The first-order chi connectivity index (χ1) is 6.29. The molecule has 0 saturated carbocycles. The molecular formula is C12H21N. The van der Waals surface area contributed by atoms with Crippen molar-refractivity contribution in [2.75, 3.05) is 13.1 Å². The third kappa shape index (κ3) is 4.89. The SMILES string of the molecule is CC(C)=CCNCCC1=CCCC1. The first-order valence-electron chi connectivity index (χ1n) is 5.31. The highest BCUT2D eigenvalue weighted by Gasteiger charge is 2.02. The monoisotopic (exact) mass is 179 g/mol. The van der Waals surface area contributed by atoms with Crippen molar-refractivity contribution in [3.63, 3.8) is 0 Å². The van der Waals surface area contributed by atoms with Crippen LogP contribution in [0.5, 0.6) is 0 Å². The van der Waals surface area contributed by atoms with Crippen LogP contribution in [-0.4, -0.2) is 13.1 Å². The molecular weight excluding hydrogens is 158 g/mol. The van der Waals surface area contributed by atoms with Crippen LogP contribution in [0.4, 0.5) is 0 Å². The lowest BCUT2D eigenvalue weighted by Crippen LogP contribution is -2.15. The average molecular weight is 179 g/mol. The lowest BCUT2D eigenvalue weighted by molar-refractivity contribution is 0.724. The second-order valence-electron chi connectivity index (χ2n) is 3.99. The summed E-state index contributed by atoms with van der Waals surface area (Å²) < 4.78 is 0. The van der Waals surface area contributed by atoms with Gasteiger partial charge in [0.1, 0.15) is 0 Å². The standard InChI is InChI=1S/C12H21N/c1-11(2)7-9-13-10-8-12-5-3-4-6-12/h5,7,13H,3-4,6,8-10H2,1-2H3. The van der Waals surface area contributed by atoms with E-state index in [0.717, 1.165) is 13.1 Å². The van der Waals surface area contributed by atoms with Gasteiger partial charge in [0.15, 0.2) is 0 Å². The Morgan fingerprint density at radius 3 is 3.00 bits per heavy atom. The van der Waals surface area contributed by atoms with Crippen molar-refractivity contribution in [1.82, 2.24) is 5.32 Å². The van der Waals surface area contributed by atoms with Gasteiger partial charge in [0.2, 0.25) is 0 Å². The van der Waals surface area contributed by atoms with Crippen LogP contribution in [-0.2, 0) is 0 Å². The van der Waals surface area contributed by atoms with Gasteiger partial charge in [-0.2, -0.15) is 0 Å². The minimum Gasteiger partial charge on any atom is -0.313 e. The van der Waals surface area contributed by atoms with Gasteiger partial charge in [0, 0.05) is 6.54 Å². The van der Waals surface area contributed by atoms with Crippen LogP contribution < -0.4 is 5.32 Å². The van der Waals surface area contributed by atoms with Crippen molar-refractivity contribution in [3.05, 3.63) is 23.3 Å². The van der Waals surface area contributed by atoms with E-state index < -0.39 is 0 Å². The minimum atomic E-state index is 1.02. The second-order valence-corrected chi connectivity index (χ2v) is 3.99. The van der Waals surface area contributed by atoms with Gasteiger partial charge in [-0.15, -0.1) is 0 Å². The summed E-state index contributed by atoms with van der Waals surface area (Å²) in [6.45, 7) is 6.44. The molecule has 0 fully saturated rings. The minimum absolute atomic E-state index is 1.02. The van der Waals surface area contributed by atoms with Crippen molar-refractivity contribution < 1.29 is 0 Å². The van der Waals surface area contributed by atoms with Crippen LogP contribution >= 0.6 is 0 Å². The van der Waals surface area contributed by atoms with E-state index in [-0.39, 0.29) is 0 Å². The molecule has 0 aliphatic heterocycles. The summed E-state index contributed by atoms with van der Waals surface area (Å²) >= 11 is 0. The van der Waals surface area contributed by atoms with E-state index in [1.54, 1.807) is 5.57 Å². The lowest BCUT2D eigenvalue weighted by atomic mass is 10.2. The van der Waals surface area contributed by atoms with Crippen LogP contribution in [0.15, 0.2) is 23.3 Å². The molecule has 1 rings (SSSR count). The summed E-state index contributed by atoms with van der Waals surface area (Å²) in [5, 5.41) is 3.43. The molecule has 0 spiro atoms. The summed E-state index contributed by atoms with van der Waals surface area (Å²) in [6, 6.07) is 0. The molecule has 1 aliphatic carbocycles. The quantitative estimate of drug-likeness (QED) is 0.505. The van der Waals surface area contributed by atoms with Crippen molar-refractivity contribution in [1.29, 1.82) is 0 Å². The van der Waals surface area contributed by atoms with E-state index in [0.29, 0.717) is 0 Å². The third-order valence-electron chi connectivity index (χ3n) is 2.41. The maximum Gasteiger partial charge on any atom is 0.0137 e. The number of rotatable bonds is 5. The Kier molecular flexibility index (Phi) is 4.84. The van der Waals surface area contributed by atoms with Crippen molar-refractivity contribution in [2.24, 2.45) is 0 Å². The Morgan fingerprint density at radius 2 is 2.38 bits per heavy atom. The zero-order chi connectivity index (χ0) is 9.52. The molecule has 1 N–H and O–H groups in total. The summed E-state index contributed by atoms with van der Waals surface area (Å²) in [4.78, 5) is 0. The van der Waals surface area contributed by atoms with Crippen molar-refractivity contribution in [2.45, 2.75) is 39.5 Å². The van der Waals surface area contributed by atoms with Crippen molar-refractivity contribution in [3.8, 4) is 0 Å². The molecule has 1 aliphatic rings. The highest BCUT2D eigenvalue weighted by molar-refractivity contribution is 5.07. The van der Waals surface area contributed by atoms with Gasteiger partial charge >= 0.3 is 0 Å². The lowest BCUT2D eigenvalue weighted by Gasteiger charge is -2.02. The summed E-state index contributed by atoms with van der Waals surface area (Å²) in [5.41, 5.74) is 3.05. The van der Waals surface area contributed by atoms with Gasteiger partial charge in [-0.1, -0.05) is 23.3 Å². The molecule has 0 aromatic carbocycles. The molecule has 13 heavy (non-hydrogen) atoms. The summed E-state index contributed by atoms with van der Waals surface area (Å²) in [7, 11) is 0. The Labute approximate surface area is 81.9 Å². The molecule has 0 aromatic heterocycles. The largest absolute Gasteiger partial charge is 0.313 e. The third-order valence-corrected chi connectivity index (χ3v) is 2.41. The highest BCUT2D eigenvalue weighted by atomic mass is 14.8. The molecule has 1 nitrogen and oxygen atoms in total. The van der Waals surface area contributed by atoms with Crippen LogP contribution in [0.2, 0.25) is 0 Å². The van der Waals surface area contributed by atoms with Crippen LogP contribution in [0.25, 0.3) is 0 Å². The molecule has 0 saturated heterocycles. The van der Waals surface area contributed by atoms with E-state index in [2.05, 4.69) is 31.3 Å². The Hall–Kier alpha value is -0.560. The molecule has 0 amide bonds. The normalized spacial score (nSPS) is 15.7. The fourth-order valence-electron chi connectivity index (χ4n) is 1.59. The van der Waals surface area contributed by atoms with Gasteiger partial charge in [0.05, 0.1) is 0 Å². The number of hydrogen-bond acceptors (Lipinski definition) is 1. The maximum atomic E-state index is 3.43. The predicted molar refractivity (Wildman–Crippen MR) is 58.9 cm³/mol. The Morgan fingerprint density at radius 1 is 1.54 bits per heavy atom. The van der Waals surface area contributed by atoms with E-state index in [1.807, 2.05) is 0 Å². The summed E-state index contributed by atoms with van der Waals surface area (Å²) in [6.07, 6.45) is 9.92. The van der Waals surface area contributed by atoms with Crippen LogP contribution in [0.1, 0.15) is 39.5 Å². The maximum absolute atomic E-state index is 3.43. The first-order valence-corrected chi connectivity index (χ1v) is 5.31. The van der Waals surface area contributed by atoms with Crippen molar-refractivity contribution >= 4 is 0 Å². The molecule has 0 unspecified atom stereocenters. The van der Waals surface area contributed by atoms with Crippen LogP contribution in [0, 0.1) is 0 Å². The molecule has 0 aromatic rings. The van der Waals surface area contributed by atoms with Gasteiger partial charge in [0.25, 0.3) is 0 Å². The molecule has 1 heteroatoms. The number of hydrogen-bond donors (Lipinski definition) is 1. The molecule has 0 heterocycles. The molecule has 0 radical (unpaired) electrons. The topological polar surface area (TPSA) is 12.0 Å². The highest BCUT2D eigenvalue weighted by Crippen LogP contribution is 2.19. The Bertz CT molecular complexity index is 197. The zero-order valence-corrected chi connectivity index (χ0v) is 8.90. The van der Waals surface area contributed by atoms with E-state index >= 15 is 0 Å². The first kappa shape index (κ1) is 10.5. The van der Waals surface area contributed by atoms with Gasteiger partial charge < -0.3 is 5.32 Å². The molecule has 0 bridgehead atoms. The van der Waals surface area contributed by atoms with Gasteiger partial charge in [-0.25, -0.2) is 0 Å². The fourth-order valence-corrected chi connectivity index (χ4v) is 1.59. The Balaban J connectivity index is 1.98. The average Bonchev–Trinajstić information content (AvgIpc) is 2.55. The smallest absolute Gasteiger partial charge is 0.0137 e. The molecule has 74 valence electrons. The van der Waals surface area contributed by atoms with E-state index in [9.17, 15) is 0 Å². The van der Waals surface area contributed by atoms with Crippen LogP contribution in [0.3, 0.4) is 0 Å². The van der Waals surface area contributed by atoms with E-state index in [4.69, 9.17) is 0 Å². The summed E-state index contributed by atoms with van der Waals surface area (Å²) in [5.74, 6) is 0. The number of allylic oxidation sites excluding steroid dienone is 2. The van der Waals surface area contributed by atoms with E-state index in [1.165, 1.54) is 31.3 Å². The van der Waals surface area contributed by atoms with Gasteiger partial charge in [-0.3, -0.25) is 0 Å².